The van der Waals surface area contributed by atoms with E-state index >= 15 is 0 Å². The van der Waals surface area contributed by atoms with E-state index in [-0.39, 0.29) is 17.4 Å². The van der Waals surface area contributed by atoms with Crippen molar-refractivity contribution in [1.29, 1.82) is 0 Å². The molecule has 5 nitrogen and oxygen atoms in total. The monoisotopic (exact) mass is 400 g/mol. The zero-order valence-electron chi connectivity index (χ0n) is 14.4. The number of halogens is 1. The van der Waals surface area contributed by atoms with E-state index in [4.69, 9.17) is 11.6 Å². The smallest absolute Gasteiger partial charge is 0.244 e. The number of fused-ring (bicyclic) bond motifs is 2. The van der Waals surface area contributed by atoms with Gasteiger partial charge in [0.1, 0.15) is 0 Å². The van der Waals surface area contributed by atoms with Crippen molar-refractivity contribution >= 4 is 55.1 Å². The van der Waals surface area contributed by atoms with E-state index in [9.17, 15) is 13.2 Å². The Morgan fingerprint density at radius 1 is 1.04 bits per heavy atom. The molecule has 0 radical (unpaired) electrons. The van der Waals surface area contributed by atoms with Gasteiger partial charge in [-0.05, 0) is 17.2 Å². The van der Waals surface area contributed by atoms with Crippen LogP contribution in [0.15, 0.2) is 53.6 Å². The average molecular weight is 401 g/mol. The fourth-order valence-corrected chi connectivity index (χ4v) is 5.57. The van der Waals surface area contributed by atoms with Gasteiger partial charge in [-0.25, -0.2) is 13.8 Å². The van der Waals surface area contributed by atoms with Crippen molar-refractivity contribution in [1.82, 2.24) is 5.43 Å². The first-order chi connectivity index (χ1) is 13.0. The summed E-state index contributed by atoms with van der Waals surface area (Å²) in [4.78, 5) is 12.2. The third-order valence-corrected chi connectivity index (χ3v) is 7.05. The lowest BCUT2D eigenvalue weighted by Gasteiger charge is -2.11. The molecule has 1 saturated heterocycles. The Balaban J connectivity index is 1.70. The van der Waals surface area contributed by atoms with Gasteiger partial charge in [-0.1, -0.05) is 60.1 Å². The molecule has 4 rings (SSSR count). The molecule has 0 aromatic heterocycles. The van der Waals surface area contributed by atoms with Gasteiger partial charge in [0, 0.05) is 16.3 Å². The van der Waals surface area contributed by atoms with Crippen molar-refractivity contribution in [3.8, 4) is 0 Å². The molecule has 3 aromatic carbocycles. The Kier molecular flexibility index (Phi) is 4.61. The minimum absolute atomic E-state index is 0.0568. The number of carbonyl (C=O) groups excluding carboxylic acids is 1. The zero-order valence-corrected chi connectivity index (χ0v) is 15.9. The van der Waals surface area contributed by atoms with E-state index in [1.807, 2.05) is 48.5 Å². The van der Waals surface area contributed by atoms with E-state index in [2.05, 4.69) is 10.5 Å². The Bertz CT molecular complexity index is 1130. The van der Waals surface area contributed by atoms with Crippen LogP contribution in [0, 0.1) is 5.92 Å². The van der Waals surface area contributed by atoms with Crippen LogP contribution in [0.5, 0.6) is 0 Å². The molecule has 7 heteroatoms. The number of carbonyl (C=O) groups is 1. The van der Waals surface area contributed by atoms with Crippen LogP contribution in [-0.2, 0) is 14.6 Å². The molecule has 1 amide bonds. The van der Waals surface area contributed by atoms with Gasteiger partial charge in [0.15, 0.2) is 9.84 Å². The molecule has 3 aromatic rings. The lowest BCUT2D eigenvalue weighted by atomic mass is 9.97. The quantitative estimate of drug-likeness (QED) is 0.415. The van der Waals surface area contributed by atoms with Crippen LogP contribution in [0.4, 0.5) is 0 Å². The van der Waals surface area contributed by atoms with Crippen LogP contribution in [-0.4, -0.2) is 32.0 Å². The zero-order chi connectivity index (χ0) is 19.0. The van der Waals surface area contributed by atoms with E-state index in [0.29, 0.717) is 11.4 Å². The van der Waals surface area contributed by atoms with Crippen molar-refractivity contribution in [2.75, 3.05) is 11.5 Å². The number of hydrazone groups is 1. The van der Waals surface area contributed by atoms with Crippen LogP contribution in [0.25, 0.3) is 21.5 Å². The molecule has 0 bridgehead atoms. The third kappa shape index (κ3) is 3.42. The minimum Gasteiger partial charge on any atom is -0.273 e. The van der Waals surface area contributed by atoms with Gasteiger partial charge in [0.05, 0.1) is 28.7 Å². The van der Waals surface area contributed by atoms with Gasteiger partial charge in [-0.15, -0.1) is 0 Å². The highest BCUT2D eigenvalue weighted by atomic mass is 35.5. The van der Waals surface area contributed by atoms with Crippen LogP contribution in [0.1, 0.15) is 12.0 Å². The highest BCUT2D eigenvalue weighted by Crippen LogP contribution is 2.35. The van der Waals surface area contributed by atoms with Gasteiger partial charge in [0.2, 0.25) is 5.91 Å². The largest absolute Gasteiger partial charge is 0.273 e. The van der Waals surface area contributed by atoms with E-state index < -0.39 is 15.8 Å². The molecule has 0 spiro atoms. The average Bonchev–Trinajstić information content (AvgIpc) is 3.04. The van der Waals surface area contributed by atoms with Crippen LogP contribution in [0.3, 0.4) is 0 Å². The predicted molar refractivity (Wildman–Crippen MR) is 109 cm³/mol. The molecule has 1 N–H and O–H groups in total. The number of hydrogen-bond acceptors (Lipinski definition) is 4. The Labute approximate surface area is 161 Å². The van der Waals surface area contributed by atoms with Crippen molar-refractivity contribution in [2.24, 2.45) is 11.0 Å². The highest BCUT2D eigenvalue weighted by molar-refractivity contribution is 7.91. The van der Waals surface area contributed by atoms with E-state index in [1.54, 1.807) is 6.21 Å². The van der Waals surface area contributed by atoms with E-state index in [0.717, 1.165) is 27.1 Å². The molecule has 0 aliphatic carbocycles. The summed E-state index contributed by atoms with van der Waals surface area (Å²) in [7, 11) is -3.11. The first kappa shape index (κ1) is 17.9. The van der Waals surface area contributed by atoms with Crippen molar-refractivity contribution < 1.29 is 13.2 Å². The number of benzene rings is 3. The predicted octanol–water partition coefficient (Wildman–Crippen LogP) is 3.53. The summed E-state index contributed by atoms with van der Waals surface area (Å²) in [5.74, 6) is -0.955. The first-order valence-electron chi connectivity index (χ1n) is 8.58. The summed E-state index contributed by atoms with van der Waals surface area (Å²) in [5, 5.41) is 8.47. The fourth-order valence-electron chi connectivity index (χ4n) is 3.50. The third-order valence-electron chi connectivity index (χ3n) is 4.88. The van der Waals surface area contributed by atoms with Gasteiger partial charge >= 0.3 is 0 Å². The fraction of sp³-hybridized carbons (Fsp3) is 0.200. The van der Waals surface area contributed by atoms with Crippen LogP contribution in [0.2, 0.25) is 5.02 Å². The number of hydrogen-bond donors (Lipinski definition) is 1. The summed E-state index contributed by atoms with van der Waals surface area (Å²) < 4.78 is 23.1. The molecular formula is C20H17ClN2O3S. The summed E-state index contributed by atoms with van der Waals surface area (Å²) in [6, 6.07) is 15.5. The molecule has 0 unspecified atom stereocenters. The summed E-state index contributed by atoms with van der Waals surface area (Å²) in [6.45, 7) is 0. The second-order valence-corrected chi connectivity index (χ2v) is 9.26. The normalized spacial score (nSPS) is 19.1. The topological polar surface area (TPSA) is 75.6 Å². The summed E-state index contributed by atoms with van der Waals surface area (Å²) in [6.07, 6.45) is 1.94. The van der Waals surface area contributed by atoms with Gasteiger partial charge < -0.3 is 0 Å². The second-order valence-electron chi connectivity index (χ2n) is 6.65. The molecule has 1 fully saturated rings. The van der Waals surface area contributed by atoms with Crippen molar-refractivity contribution in [3.63, 3.8) is 0 Å². The molecule has 138 valence electrons. The first-order valence-corrected chi connectivity index (χ1v) is 10.8. The summed E-state index contributed by atoms with van der Waals surface area (Å²) in [5.41, 5.74) is 3.34. The molecule has 1 heterocycles. The maximum absolute atomic E-state index is 12.2. The number of sulfone groups is 1. The number of nitrogens with zero attached hydrogens (tertiary/aromatic N) is 1. The number of nitrogens with one attached hydrogen (secondary N) is 1. The van der Waals surface area contributed by atoms with Gasteiger partial charge in [-0.2, -0.15) is 5.10 Å². The number of amides is 1. The summed E-state index contributed by atoms with van der Waals surface area (Å²) >= 11 is 6.57. The van der Waals surface area contributed by atoms with Gasteiger partial charge in [-0.3, -0.25) is 4.79 Å². The van der Waals surface area contributed by atoms with Crippen LogP contribution < -0.4 is 5.43 Å². The number of rotatable bonds is 3. The molecule has 1 aliphatic rings. The highest BCUT2D eigenvalue weighted by Gasteiger charge is 2.32. The van der Waals surface area contributed by atoms with Crippen LogP contribution >= 0.6 is 11.6 Å². The maximum Gasteiger partial charge on any atom is 0.244 e. The molecule has 27 heavy (non-hydrogen) atoms. The lowest BCUT2D eigenvalue weighted by molar-refractivity contribution is -0.124. The molecular weight excluding hydrogens is 384 g/mol. The lowest BCUT2D eigenvalue weighted by Crippen LogP contribution is -2.27. The molecule has 0 saturated carbocycles. The standard InChI is InChI=1S/C20H17ClN2O3S/c21-19-16-7-3-1-5-14(16)18(15-6-2-4-8-17(15)19)11-22-23-20(24)13-9-10-27(25,26)12-13/h1-8,11,13H,9-10,12H2,(H,23,24)/b22-11-/t13-/m0/s1. The van der Waals surface area contributed by atoms with E-state index in [1.165, 1.54) is 0 Å². The van der Waals surface area contributed by atoms with Gasteiger partial charge in [0.25, 0.3) is 0 Å². The minimum atomic E-state index is -3.11. The Hall–Kier alpha value is -2.44. The Morgan fingerprint density at radius 3 is 2.11 bits per heavy atom. The molecule has 1 atom stereocenters. The van der Waals surface area contributed by atoms with Crippen molar-refractivity contribution in [3.05, 3.63) is 59.1 Å². The molecule has 1 aliphatic heterocycles. The maximum atomic E-state index is 12.2. The Morgan fingerprint density at radius 2 is 1.59 bits per heavy atom. The van der Waals surface area contributed by atoms with Crippen molar-refractivity contribution in [2.45, 2.75) is 6.42 Å². The second kappa shape index (κ2) is 6.94. The SMILES string of the molecule is O=C(N/N=C\c1c2ccccc2c(Cl)c2ccccc12)[C@H]1CCS(=O)(=O)C1.